The summed E-state index contributed by atoms with van der Waals surface area (Å²) in [7, 11) is 0. The van der Waals surface area contributed by atoms with E-state index in [1.807, 2.05) is 18.2 Å². The maximum atomic E-state index is 4.62. The molecule has 0 aromatic carbocycles. The van der Waals surface area contributed by atoms with Crippen molar-refractivity contribution in [2.75, 3.05) is 0 Å². The van der Waals surface area contributed by atoms with Crippen molar-refractivity contribution >= 4 is 16.3 Å². The van der Waals surface area contributed by atoms with E-state index in [1.54, 1.807) is 16.9 Å². The van der Waals surface area contributed by atoms with Crippen LogP contribution in [0.3, 0.4) is 0 Å². The number of pyridine rings is 1. The number of aromatic nitrogens is 7. The molecule has 0 fully saturated rings. The lowest BCUT2D eigenvalue weighted by atomic mass is 10.1. The largest absolute Gasteiger partial charge is 0.282 e. The molecule has 0 aliphatic heterocycles. The maximum Gasteiger partial charge on any atom is 0.235 e. The van der Waals surface area contributed by atoms with Gasteiger partial charge in [-0.15, -0.1) is 10.2 Å². The molecule has 4 aromatic heterocycles. The van der Waals surface area contributed by atoms with Crippen molar-refractivity contribution in [3.05, 3.63) is 36.3 Å². The molecule has 0 aliphatic carbocycles. The van der Waals surface area contributed by atoms with Crippen LogP contribution in [0.5, 0.6) is 0 Å². The van der Waals surface area contributed by atoms with E-state index >= 15 is 0 Å². The Labute approximate surface area is 136 Å². The van der Waals surface area contributed by atoms with Crippen LogP contribution in [-0.4, -0.2) is 35.0 Å². The van der Waals surface area contributed by atoms with Gasteiger partial charge in [0.05, 0.1) is 0 Å². The van der Waals surface area contributed by atoms with Gasteiger partial charge >= 0.3 is 0 Å². The van der Waals surface area contributed by atoms with Crippen LogP contribution in [-0.2, 0) is 6.42 Å². The molecule has 1 N–H and O–H groups in total. The molecular formula is C15H15N7S. The van der Waals surface area contributed by atoms with E-state index in [-0.39, 0.29) is 0 Å². The molecule has 0 aliphatic rings. The zero-order valence-corrected chi connectivity index (χ0v) is 13.6. The molecule has 8 heteroatoms. The molecule has 7 nitrogen and oxygen atoms in total. The highest BCUT2D eigenvalue weighted by molar-refractivity contribution is 7.19. The van der Waals surface area contributed by atoms with Gasteiger partial charge in [0.2, 0.25) is 10.8 Å². The van der Waals surface area contributed by atoms with Crippen LogP contribution in [0.15, 0.2) is 30.6 Å². The average molecular weight is 325 g/mol. The van der Waals surface area contributed by atoms with E-state index in [0.717, 1.165) is 33.3 Å². The maximum absolute atomic E-state index is 4.62. The number of hydrogen-bond acceptors (Lipinski definition) is 6. The monoisotopic (exact) mass is 325 g/mol. The number of hydrogen-bond donors (Lipinski definition) is 1. The Morgan fingerprint density at radius 1 is 1.22 bits per heavy atom. The summed E-state index contributed by atoms with van der Waals surface area (Å²) < 4.78 is 1.75. The van der Waals surface area contributed by atoms with Crippen LogP contribution in [0.4, 0.5) is 0 Å². The second kappa shape index (κ2) is 5.54. The SMILES string of the molecule is CC(C)Cc1cc(-c2nnc3sc(-c4ccncc4)nn23)n[nH]1. The third-order valence-electron chi connectivity index (χ3n) is 3.41. The first-order valence-electron chi connectivity index (χ1n) is 7.38. The topological polar surface area (TPSA) is 84.7 Å². The van der Waals surface area contributed by atoms with Crippen molar-refractivity contribution in [1.29, 1.82) is 0 Å². The Balaban J connectivity index is 1.73. The quantitative estimate of drug-likeness (QED) is 0.623. The molecule has 0 amide bonds. The number of rotatable bonds is 4. The summed E-state index contributed by atoms with van der Waals surface area (Å²) in [6, 6.07) is 5.88. The lowest BCUT2D eigenvalue weighted by molar-refractivity contribution is 0.633. The summed E-state index contributed by atoms with van der Waals surface area (Å²) in [6.07, 6.45) is 4.46. The predicted octanol–water partition coefficient (Wildman–Crippen LogP) is 2.84. The molecular weight excluding hydrogens is 310 g/mol. The van der Waals surface area contributed by atoms with Gasteiger partial charge in [0.1, 0.15) is 10.7 Å². The Bertz CT molecular complexity index is 935. The van der Waals surface area contributed by atoms with Gasteiger partial charge in [0.25, 0.3) is 0 Å². The lowest BCUT2D eigenvalue weighted by Crippen LogP contribution is -1.93. The third-order valence-corrected chi connectivity index (χ3v) is 4.35. The lowest BCUT2D eigenvalue weighted by Gasteiger charge is -1.98. The van der Waals surface area contributed by atoms with E-state index in [2.05, 4.69) is 44.3 Å². The van der Waals surface area contributed by atoms with Gasteiger partial charge in [-0.25, -0.2) is 0 Å². The minimum Gasteiger partial charge on any atom is -0.282 e. The number of nitrogens with zero attached hydrogens (tertiary/aromatic N) is 6. The van der Waals surface area contributed by atoms with Gasteiger partial charge in [-0.3, -0.25) is 10.1 Å². The normalized spacial score (nSPS) is 11.6. The predicted molar refractivity (Wildman–Crippen MR) is 88.0 cm³/mol. The first-order valence-corrected chi connectivity index (χ1v) is 8.19. The summed E-state index contributed by atoms with van der Waals surface area (Å²) in [4.78, 5) is 4.78. The Kier molecular flexibility index (Phi) is 3.38. The fourth-order valence-corrected chi connectivity index (χ4v) is 3.25. The number of fused-ring (bicyclic) bond motifs is 1. The molecule has 4 heterocycles. The summed E-state index contributed by atoms with van der Waals surface area (Å²) in [6.45, 7) is 4.36. The van der Waals surface area contributed by atoms with Crippen molar-refractivity contribution in [3.8, 4) is 22.1 Å². The summed E-state index contributed by atoms with van der Waals surface area (Å²) in [5, 5.41) is 21.3. The van der Waals surface area contributed by atoms with E-state index in [1.165, 1.54) is 11.3 Å². The van der Waals surface area contributed by atoms with Crippen LogP contribution in [0.2, 0.25) is 0 Å². The average Bonchev–Trinajstić information content (AvgIpc) is 3.22. The highest BCUT2D eigenvalue weighted by Gasteiger charge is 2.16. The first-order chi connectivity index (χ1) is 11.2. The molecule has 0 unspecified atom stereocenters. The molecule has 23 heavy (non-hydrogen) atoms. The van der Waals surface area contributed by atoms with Crippen molar-refractivity contribution < 1.29 is 0 Å². The zero-order valence-electron chi connectivity index (χ0n) is 12.8. The standard InChI is InChI=1S/C15H15N7S/c1-9(2)7-11-8-12(18-17-11)13-19-20-15-22(13)21-14(23-15)10-3-5-16-6-4-10/h3-6,8-9H,7H2,1-2H3,(H,17,18). The summed E-state index contributed by atoms with van der Waals surface area (Å²) in [5.41, 5.74) is 2.88. The number of nitrogens with one attached hydrogen (secondary N) is 1. The van der Waals surface area contributed by atoms with Crippen molar-refractivity contribution in [2.24, 2.45) is 5.92 Å². The van der Waals surface area contributed by atoms with Crippen LogP contribution in [0.25, 0.3) is 27.1 Å². The highest BCUT2D eigenvalue weighted by Crippen LogP contribution is 2.27. The molecule has 0 saturated carbocycles. The van der Waals surface area contributed by atoms with Gasteiger partial charge in [0.15, 0.2) is 0 Å². The highest BCUT2D eigenvalue weighted by atomic mass is 32.1. The van der Waals surface area contributed by atoms with Crippen LogP contribution in [0.1, 0.15) is 19.5 Å². The second-order valence-corrected chi connectivity index (χ2v) is 6.69. The fraction of sp³-hybridized carbons (Fsp3) is 0.267. The number of H-pyrrole nitrogens is 1. The summed E-state index contributed by atoms with van der Waals surface area (Å²) >= 11 is 1.50. The smallest absolute Gasteiger partial charge is 0.235 e. The number of aromatic amines is 1. The van der Waals surface area contributed by atoms with Crippen LogP contribution < -0.4 is 0 Å². The van der Waals surface area contributed by atoms with E-state index in [4.69, 9.17) is 0 Å². The Morgan fingerprint density at radius 3 is 2.83 bits per heavy atom. The fourth-order valence-electron chi connectivity index (χ4n) is 2.41. The van der Waals surface area contributed by atoms with Crippen molar-refractivity contribution in [3.63, 3.8) is 0 Å². The molecule has 4 aromatic rings. The van der Waals surface area contributed by atoms with E-state index < -0.39 is 0 Å². The van der Waals surface area contributed by atoms with E-state index in [0.29, 0.717) is 11.7 Å². The van der Waals surface area contributed by atoms with Crippen LogP contribution in [0, 0.1) is 5.92 Å². The van der Waals surface area contributed by atoms with Crippen LogP contribution >= 0.6 is 11.3 Å². The molecule has 0 spiro atoms. The zero-order chi connectivity index (χ0) is 15.8. The van der Waals surface area contributed by atoms with Crippen molar-refractivity contribution in [1.82, 2.24) is 35.0 Å². The van der Waals surface area contributed by atoms with Gasteiger partial charge in [-0.1, -0.05) is 25.2 Å². The van der Waals surface area contributed by atoms with Gasteiger partial charge in [-0.2, -0.15) is 14.7 Å². The Hall–Kier alpha value is -2.61. The minimum atomic E-state index is 0.569. The van der Waals surface area contributed by atoms with Crippen molar-refractivity contribution in [2.45, 2.75) is 20.3 Å². The van der Waals surface area contributed by atoms with Gasteiger partial charge in [0, 0.05) is 23.7 Å². The second-order valence-electron chi connectivity index (χ2n) is 5.74. The third kappa shape index (κ3) is 2.61. The van der Waals surface area contributed by atoms with E-state index in [9.17, 15) is 0 Å². The molecule has 0 bridgehead atoms. The van der Waals surface area contributed by atoms with Gasteiger partial charge < -0.3 is 0 Å². The molecule has 4 rings (SSSR count). The Morgan fingerprint density at radius 2 is 2.04 bits per heavy atom. The molecule has 0 atom stereocenters. The molecule has 116 valence electrons. The minimum absolute atomic E-state index is 0.569. The first kappa shape index (κ1) is 14.0. The summed E-state index contributed by atoms with van der Waals surface area (Å²) in [5.74, 6) is 1.22. The molecule has 0 saturated heterocycles. The molecule has 0 radical (unpaired) electrons. The van der Waals surface area contributed by atoms with Gasteiger partial charge in [-0.05, 0) is 30.5 Å².